The van der Waals surface area contributed by atoms with Crippen molar-refractivity contribution in [1.29, 1.82) is 0 Å². The first-order chi connectivity index (χ1) is 11.1. The molecule has 2 bridgehead atoms. The van der Waals surface area contributed by atoms with Crippen LogP contribution in [0.1, 0.15) is 47.8 Å². The molecule has 23 heavy (non-hydrogen) atoms. The second-order valence-electron chi connectivity index (χ2n) is 6.36. The van der Waals surface area contributed by atoms with Crippen LogP contribution >= 0.6 is 0 Å². The molecule has 0 aliphatic heterocycles. The lowest BCUT2D eigenvalue weighted by atomic mass is 9.87. The van der Waals surface area contributed by atoms with Gasteiger partial charge in [-0.2, -0.15) is 4.21 Å². The highest BCUT2D eigenvalue weighted by Gasteiger charge is 2.40. The Morgan fingerprint density at radius 3 is 2.61 bits per heavy atom. The molecule has 0 saturated heterocycles. The van der Waals surface area contributed by atoms with E-state index in [1.165, 1.54) is 12.0 Å². The molecular formula is C18H19NO3S. The Morgan fingerprint density at radius 1 is 1.17 bits per heavy atom. The van der Waals surface area contributed by atoms with Gasteiger partial charge in [0.15, 0.2) is 0 Å². The summed E-state index contributed by atoms with van der Waals surface area (Å²) >= 11 is -1.75. The number of para-hydroxylation sites is 1. The van der Waals surface area contributed by atoms with Crippen LogP contribution in [-0.2, 0) is 11.3 Å². The van der Waals surface area contributed by atoms with Crippen molar-refractivity contribution in [3.63, 3.8) is 0 Å². The van der Waals surface area contributed by atoms with Crippen LogP contribution in [0.25, 0.3) is 0 Å². The fourth-order valence-electron chi connectivity index (χ4n) is 4.06. The van der Waals surface area contributed by atoms with Gasteiger partial charge < -0.3 is 9.29 Å². The molecule has 120 valence electrons. The van der Waals surface area contributed by atoms with Crippen LogP contribution in [0.2, 0.25) is 0 Å². The minimum atomic E-state index is -1.75. The number of hydrogen-bond acceptors (Lipinski definition) is 3. The summed E-state index contributed by atoms with van der Waals surface area (Å²) in [6, 6.07) is 10.9. The van der Waals surface area contributed by atoms with E-state index in [0.29, 0.717) is 23.3 Å². The summed E-state index contributed by atoms with van der Waals surface area (Å²) in [6.45, 7) is 2.06. The molecule has 1 fully saturated rings. The third-order valence-electron chi connectivity index (χ3n) is 4.94. The second-order valence-corrected chi connectivity index (χ2v) is 7.20. The molecular weight excluding hydrogens is 310 g/mol. The SMILES string of the molecule is Cc1cc(NS(=O)Oc2ccccc2)c(O)c2c1C1CCC2C1. The summed E-state index contributed by atoms with van der Waals surface area (Å²) in [5, 5.41) is 10.6. The van der Waals surface area contributed by atoms with E-state index in [1.54, 1.807) is 12.1 Å². The summed E-state index contributed by atoms with van der Waals surface area (Å²) in [5.41, 5.74) is 4.01. The Labute approximate surface area is 138 Å². The van der Waals surface area contributed by atoms with E-state index in [1.807, 2.05) is 24.3 Å². The number of phenols is 1. The molecule has 5 heteroatoms. The third kappa shape index (κ3) is 2.49. The van der Waals surface area contributed by atoms with Crippen LogP contribution in [-0.4, -0.2) is 9.32 Å². The van der Waals surface area contributed by atoms with Crippen molar-refractivity contribution in [1.82, 2.24) is 0 Å². The van der Waals surface area contributed by atoms with Crippen LogP contribution in [0.4, 0.5) is 5.69 Å². The van der Waals surface area contributed by atoms with Crippen LogP contribution in [0.3, 0.4) is 0 Å². The summed E-state index contributed by atoms with van der Waals surface area (Å²) in [4.78, 5) is 0. The fraction of sp³-hybridized carbons (Fsp3) is 0.333. The van der Waals surface area contributed by atoms with Crippen molar-refractivity contribution in [3.8, 4) is 11.5 Å². The maximum Gasteiger partial charge on any atom is 0.316 e. The summed E-state index contributed by atoms with van der Waals surface area (Å²) in [7, 11) is 0. The monoisotopic (exact) mass is 329 g/mol. The molecule has 2 N–H and O–H groups in total. The van der Waals surface area contributed by atoms with Crippen molar-refractivity contribution in [2.24, 2.45) is 0 Å². The molecule has 2 aliphatic carbocycles. The lowest BCUT2D eigenvalue weighted by molar-refractivity contribution is 0.463. The Balaban J connectivity index is 1.60. The summed E-state index contributed by atoms with van der Waals surface area (Å²) in [6.07, 6.45) is 3.49. The number of anilines is 1. The average molecular weight is 329 g/mol. The van der Waals surface area contributed by atoms with Crippen LogP contribution < -0.4 is 8.91 Å². The number of rotatable bonds is 4. The van der Waals surface area contributed by atoms with Gasteiger partial charge in [0.25, 0.3) is 0 Å². The van der Waals surface area contributed by atoms with Gasteiger partial charge in [-0.15, -0.1) is 0 Å². The molecule has 0 aromatic heterocycles. The minimum absolute atomic E-state index is 0.239. The Hall–Kier alpha value is -2.01. The Bertz CT molecular complexity index is 776. The van der Waals surface area contributed by atoms with Crippen LogP contribution in [0, 0.1) is 6.92 Å². The van der Waals surface area contributed by atoms with E-state index in [4.69, 9.17) is 4.18 Å². The molecule has 2 aromatic rings. The van der Waals surface area contributed by atoms with E-state index in [9.17, 15) is 9.32 Å². The van der Waals surface area contributed by atoms with Gasteiger partial charge in [0.05, 0.1) is 5.69 Å². The zero-order chi connectivity index (χ0) is 16.0. The maximum absolute atomic E-state index is 12.2. The van der Waals surface area contributed by atoms with E-state index in [0.717, 1.165) is 24.0 Å². The first kappa shape index (κ1) is 14.6. The molecule has 1 saturated carbocycles. The van der Waals surface area contributed by atoms with E-state index in [2.05, 4.69) is 11.6 Å². The maximum atomic E-state index is 12.2. The van der Waals surface area contributed by atoms with E-state index in [-0.39, 0.29) is 5.75 Å². The highest BCUT2D eigenvalue weighted by molar-refractivity contribution is 7.82. The van der Waals surface area contributed by atoms with Gasteiger partial charge in [0.1, 0.15) is 11.5 Å². The Kier molecular flexibility index (Phi) is 3.53. The predicted octanol–water partition coefficient (Wildman–Crippen LogP) is 4.13. The third-order valence-corrected chi connectivity index (χ3v) is 5.67. The van der Waals surface area contributed by atoms with Gasteiger partial charge in [0.2, 0.25) is 0 Å². The summed E-state index contributed by atoms with van der Waals surface area (Å²) < 4.78 is 20.3. The van der Waals surface area contributed by atoms with Crippen LogP contribution in [0.15, 0.2) is 36.4 Å². The number of phenolic OH excluding ortho intramolecular Hbond substituents is 1. The molecule has 0 radical (unpaired) electrons. The quantitative estimate of drug-likeness (QED) is 0.829. The smallest absolute Gasteiger partial charge is 0.316 e. The van der Waals surface area contributed by atoms with Gasteiger partial charge in [-0.05, 0) is 67.3 Å². The highest BCUT2D eigenvalue weighted by atomic mass is 32.2. The van der Waals surface area contributed by atoms with Gasteiger partial charge in [-0.25, -0.2) is 0 Å². The standard InChI is InChI=1S/C18H19NO3S/c1-11-9-15(19-23(21)22-14-5-3-2-4-6-14)18(20)17-13-8-7-12(10-13)16(11)17/h2-6,9,12-13,19-20H,7-8,10H2,1H3. The molecule has 4 nitrogen and oxygen atoms in total. The van der Waals surface area contributed by atoms with Crippen molar-refractivity contribution in [2.75, 3.05) is 4.72 Å². The number of fused-ring (bicyclic) bond motifs is 5. The van der Waals surface area contributed by atoms with Crippen molar-refractivity contribution >= 4 is 17.0 Å². The molecule has 0 heterocycles. The molecule has 2 aliphatic rings. The zero-order valence-corrected chi connectivity index (χ0v) is 13.7. The number of nitrogens with one attached hydrogen (secondary N) is 1. The molecule has 3 atom stereocenters. The molecule has 0 amide bonds. The second kappa shape index (κ2) is 5.57. The van der Waals surface area contributed by atoms with Gasteiger partial charge >= 0.3 is 11.3 Å². The molecule has 4 rings (SSSR count). The zero-order valence-electron chi connectivity index (χ0n) is 12.9. The molecule has 0 spiro atoms. The first-order valence-corrected chi connectivity index (χ1v) is 8.99. The largest absolute Gasteiger partial charge is 0.505 e. The van der Waals surface area contributed by atoms with E-state index < -0.39 is 11.3 Å². The lowest BCUT2D eigenvalue weighted by Crippen LogP contribution is -2.12. The average Bonchev–Trinajstić information content (AvgIpc) is 3.14. The van der Waals surface area contributed by atoms with Gasteiger partial charge in [-0.3, -0.25) is 4.72 Å². The number of benzene rings is 2. The topological polar surface area (TPSA) is 58.6 Å². The number of aromatic hydroxyl groups is 1. The fourth-order valence-corrected chi connectivity index (χ4v) is 4.72. The van der Waals surface area contributed by atoms with Crippen LogP contribution in [0.5, 0.6) is 11.5 Å². The first-order valence-electron chi connectivity index (χ1n) is 7.91. The normalized spacial score (nSPS) is 22.7. The lowest BCUT2D eigenvalue weighted by Gasteiger charge is -2.21. The predicted molar refractivity (Wildman–Crippen MR) is 91.0 cm³/mol. The van der Waals surface area contributed by atoms with Crippen molar-refractivity contribution < 1.29 is 13.5 Å². The summed E-state index contributed by atoms with van der Waals surface area (Å²) in [5.74, 6) is 1.79. The van der Waals surface area contributed by atoms with Gasteiger partial charge in [0, 0.05) is 5.56 Å². The Morgan fingerprint density at radius 2 is 1.87 bits per heavy atom. The van der Waals surface area contributed by atoms with Gasteiger partial charge in [-0.1, -0.05) is 18.2 Å². The molecule has 3 unspecified atom stereocenters. The van der Waals surface area contributed by atoms with E-state index >= 15 is 0 Å². The molecule has 2 aromatic carbocycles. The number of hydrogen-bond donors (Lipinski definition) is 2. The highest BCUT2D eigenvalue weighted by Crippen LogP contribution is 2.58. The van der Waals surface area contributed by atoms with Crippen molar-refractivity contribution in [3.05, 3.63) is 53.1 Å². The minimum Gasteiger partial charge on any atom is -0.505 e. The number of aryl methyl sites for hydroxylation is 1. The van der Waals surface area contributed by atoms with Crippen molar-refractivity contribution in [2.45, 2.75) is 38.0 Å².